The van der Waals surface area contributed by atoms with Crippen molar-refractivity contribution in [2.24, 2.45) is 4.99 Å². The second-order valence-corrected chi connectivity index (χ2v) is 6.71. The van der Waals surface area contributed by atoms with Crippen molar-refractivity contribution >= 4 is 29.0 Å². The molecule has 10 heteroatoms. The van der Waals surface area contributed by atoms with E-state index in [0.717, 1.165) is 11.1 Å². The van der Waals surface area contributed by atoms with Crippen molar-refractivity contribution in [3.63, 3.8) is 0 Å². The van der Waals surface area contributed by atoms with Gasteiger partial charge < -0.3 is 30.6 Å². The molecule has 2 aliphatic rings. The Morgan fingerprint density at radius 3 is 2.48 bits per heavy atom. The van der Waals surface area contributed by atoms with Crippen molar-refractivity contribution in [3.05, 3.63) is 23.3 Å². The minimum Gasteiger partial charge on any atom is -0.394 e. The molecule has 2 aliphatic heterocycles. The number of amides is 3. The Labute approximate surface area is 155 Å². The number of aliphatic imine (C=N–C) groups is 1. The SMILES string of the molecule is Cc1cc2c(cc1C)N(C[C@H](O)[C@H](O)[C@H](O)CO)[C@@H]1NC(=O)NC(=O)C1=N2. The zero-order valence-corrected chi connectivity index (χ0v) is 14.9. The quantitative estimate of drug-likeness (QED) is 0.362. The Kier molecular flexibility index (Phi) is 5.16. The van der Waals surface area contributed by atoms with Crippen LogP contribution >= 0.6 is 0 Å². The van der Waals surface area contributed by atoms with E-state index in [2.05, 4.69) is 15.6 Å². The Morgan fingerprint density at radius 1 is 1.15 bits per heavy atom. The number of imide groups is 1. The van der Waals surface area contributed by atoms with Crippen molar-refractivity contribution < 1.29 is 30.0 Å². The molecule has 0 aliphatic carbocycles. The normalized spacial score (nSPS) is 22.1. The largest absolute Gasteiger partial charge is 0.394 e. The molecule has 2 heterocycles. The number of rotatable bonds is 5. The molecule has 10 nitrogen and oxygen atoms in total. The first kappa shape index (κ1) is 19.2. The first-order valence-corrected chi connectivity index (χ1v) is 8.46. The average Bonchev–Trinajstić information content (AvgIpc) is 2.62. The van der Waals surface area contributed by atoms with Crippen LogP contribution in [0.5, 0.6) is 0 Å². The van der Waals surface area contributed by atoms with Gasteiger partial charge in [-0.25, -0.2) is 9.79 Å². The van der Waals surface area contributed by atoms with Gasteiger partial charge in [0.05, 0.1) is 18.0 Å². The number of carbonyl (C=O) groups excluding carboxylic acids is 2. The molecule has 0 saturated carbocycles. The number of anilines is 1. The van der Waals surface area contributed by atoms with Gasteiger partial charge in [-0.05, 0) is 37.1 Å². The van der Waals surface area contributed by atoms with Crippen molar-refractivity contribution in [2.45, 2.75) is 38.3 Å². The highest BCUT2D eigenvalue weighted by atomic mass is 16.4. The zero-order chi connectivity index (χ0) is 19.9. The fourth-order valence-electron chi connectivity index (χ4n) is 3.11. The van der Waals surface area contributed by atoms with E-state index in [1.165, 1.54) is 0 Å². The Morgan fingerprint density at radius 2 is 1.81 bits per heavy atom. The first-order valence-electron chi connectivity index (χ1n) is 8.46. The van der Waals surface area contributed by atoms with E-state index in [9.17, 15) is 24.9 Å². The van der Waals surface area contributed by atoms with Crippen LogP contribution in [0, 0.1) is 13.8 Å². The molecule has 4 atom stereocenters. The van der Waals surface area contributed by atoms with Gasteiger partial charge in [-0.15, -0.1) is 0 Å². The molecular formula is C17H22N4O6. The molecule has 0 bridgehead atoms. The molecule has 1 saturated heterocycles. The summed E-state index contributed by atoms with van der Waals surface area (Å²) in [5.41, 5.74) is 2.99. The second kappa shape index (κ2) is 7.24. The summed E-state index contributed by atoms with van der Waals surface area (Å²) in [6.07, 6.45) is -5.53. The summed E-state index contributed by atoms with van der Waals surface area (Å²) in [6, 6.07) is 2.90. The number of urea groups is 1. The fourth-order valence-corrected chi connectivity index (χ4v) is 3.11. The van der Waals surface area contributed by atoms with E-state index in [-0.39, 0.29) is 12.3 Å². The number of aliphatic hydroxyl groups is 4. The van der Waals surface area contributed by atoms with Gasteiger partial charge >= 0.3 is 6.03 Å². The maximum atomic E-state index is 12.2. The van der Waals surface area contributed by atoms with Crippen LogP contribution in [0.25, 0.3) is 0 Å². The first-order chi connectivity index (χ1) is 12.7. The third-order valence-electron chi connectivity index (χ3n) is 4.80. The monoisotopic (exact) mass is 378 g/mol. The van der Waals surface area contributed by atoms with Crippen LogP contribution in [-0.4, -0.2) is 75.7 Å². The van der Waals surface area contributed by atoms with Gasteiger partial charge in [0, 0.05) is 6.54 Å². The van der Waals surface area contributed by atoms with Gasteiger partial charge in [0.1, 0.15) is 24.0 Å². The minimum atomic E-state index is -1.61. The summed E-state index contributed by atoms with van der Waals surface area (Å²) < 4.78 is 0. The predicted molar refractivity (Wildman–Crippen MR) is 95.9 cm³/mol. The van der Waals surface area contributed by atoms with Crippen molar-refractivity contribution in [2.75, 3.05) is 18.1 Å². The molecule has 3 amide bonds. The van der Waals surface area contributed by atoms with E-state index < -0.39 is 43.0 Å². The number of hydrogen-bond donors (Lipinski definition) is 6. The summed E-state index contributed by atoms with van der Waals surface area (Å²) in [6.45, 7) is 2.85. The van der Waals surface area contributed by atoms with Crippen LogP contribution in [0.2, 0.25) is 0 Å². The van der Waals surface area contributed by atoms with E-state index in [4.69, 9.17) is 5.11 Å². The second-order valence-electron chi connectivity index (χ2n) is 6.71. The number of nitrogens with one attached hydrogen (secondary N) is 2. The topological polar surface area (TPSA) is 155 Å². The fraction of sp³-hybridized carbons (Fsp3) is 0.471. The third kappa shape index (κ3) is 3.52. The highest BCUT2D eigenvalue weighted by Crippen LogP contribution is 2.37. The van der Waals surface area contributed by atoms with E-state index >= 15 is 0 Å². The summed E-state index contributed by atoms with van der Waals surface area (Å²) in [7, 11) is 0. The molecule has 1 aromatic carbocycles. The smallest absolute Gasteiger partial charge is 0.323 e. The Balaban J connectivity index is 2.02. The minimum absolute atomic E-state index is 0.0507. The maximum Gasteiger partial charge on any atom is 0.323 e. The average molecular weight is 378 g/mol. The molecule has 0 radical (unpaired) electrons. The molecule has 6 N–H and O–H groups in total. The molecule has 1 aromatic rings. The molecular weight excluding hydrogens is 356 g/mol. The van der Waals surface area contributed by atoms with Crippen LogP contribution < -0.4 is 15.5 Å². The van der Waals surface area contributed by atoms with Gasteiger partial charge in [-0.1, -0.05) is 0 Å². The lowest BCUT2D eigenvalue weighted by Crippen LogP contribution is -2.67. The molecule has 0 spiro atoms. The van der Waals surface area contributed by atoms with Gasteiger partial charge in [-0.3, -0.25) is 10.1 Å². The van der Waals surface area contributed by atoms with E-state index in [0.29, 0.717) is 11.4 Å². The summed E-state index contributed by atoms with van der Waals surface area (Å²) in [5, 5.41) is 43.6. The molecule has 27 heavy (non-hydrogen) atoms. The Bertz CT molecular complexity index is 811. The standard InChI is InChI=1S/C17H22N4O6/c1-7-3-9-10(4-8(7)2)21(5-11(23)14(25)12(24)6-22)15-13(18-9)16(26)20-17(27)19-15/h3-4,11-12,14-15,22-25H,5-6H2,1-2H3,(H2,19,20,26,27)/t11-,12+,14-,15-/m0/s1. The number of nitrogens with zero attached hydrogens (tertiary/aromatic N) is 2. The molecule has 1 fully saturated rings. The van der Waals surface area contributed by atoms with Crippen molar-refractivity contribution in [3.8, 4) is 0 Å². The summed E-state index contributed by atoms with van der Waals surface area (Å²) >= 11 is 0. The molecule has 146 valence electrons. The lowest BCUT2D eigenvalue weighted by molar-refractivity contribution is -0.114. The van der Waals surface area contributed by atoms with Crippen molar-refractivity contribution in [1.29, 1.82) is 0 Å². The van der Waals surface area contributed by atoms with Crippen LogP contribution in [-0.2, 0) is 4.79 Å². The molecule has 0 unspecified atom stereocenters. The number of aliphatic hydroxyl groups excluding tert-OH is 4. The number of fused-ring (bicyclic) bond motifs is 2. The van der Waals surface area contributed by atoms with Gasteiger partial charge in [0.2, 0.25) is 0 Å². The molecule has 0 aromatic heterocycles. The van der Waals surface area contributed by atoms with Crippen LogP contribution in [0.1, 0.15) is 11.1 Å². The van der Waals surface area contributed by atoms with Crippen LogP contribution in [0.3, 0.4) is 0 Å². The lowest BCUT2D eigenvalue weighted by atomic mass is 10.0. The number of benzene rings is 1. The van der Waals surface area contributed by atoms with Gasteiger partial charge in [-0.2, -0.15) is 0 Å². The van der Waals surface area contributed by atoms with Crippen molar-refractivity contribution in [1.82, 2.24) is 10.6 Å². The third-order valence-corrected chi connectivity index (χ3v) is 4.80. The maximum absolute atomic E-state index is 12.2. The highest BCUT2D eigenvalue weighted by molar-refractivity contribution is 6.46. The summed E-state index contributed by atoms with van der Waals surface area (Å²) in [5.74, 6) is -0.650. The van der Waals surface area contributed by atoms with E-state index in [1.54, 1.807) is 11.0 Å². The van der Waals surface area contributed by atoms with Gasteiger partial charge in [0.15, 0.2) is 6.17 Å². The number of hydrogen-bond acceptors (Lipinski definition) is 8. The highest BCUT2D eigenvalue weighted by Gasteiger charge is 2.41. The number of carbonyl (C=O) groups is 2. The predicted octanol–water partition coefficient (Wildman–Crippen LogP) is -1.56. The zero-order valence-electron chi connectivity index (χ0n) is 14.9. The molecule has 3 rings (SSSR count). The number of β-amino-alcohol motifs (C(OH)–C–C–N with tert-alkyl or cyclic N) is 1. The number of aryl methyl sites for hydroxylation is 2. The lowest BCUT2D eigenvalue weighted by Gasteiger charge is -2.41. The Hall–Kier alpha value is -2.53. The van der Waals surface area contributed by atoms with Crippen LogP contribution in [0.15, 0.2) is 17.1 Å². The summed E-state index contributed by atoms with van der Waals surface area (Å²) in [4.78, 5) is 29.9. The van der Waals surface area contributed by atoms with Gasteiger partial charge in [0.25, 0.3) is 5.91 Å². The van der Waals surface area contributed by atoms with Crippen LogP contribution in [0.4, 0.5) is 16.2 Å². The van der Waals surface area contributed by atoms with E-state index in [1.807, 2.05) is 19.9 Å².